The Morgan fingerprint density at radius 1 is 1.00 bits per heavy atom. The van der Waals surface area contributed by atoms with Gasteiger partial charge < -0.3 is 19.1 Å². The first kappa shape index (κ1) is 24.7. The number of aromatic nitrogens is 2. The SMILES string of the molecule is COCCCOc1ccc2c(N3CCN(NC(=O)c4ccc(OC(C)C)cc4)CC3)ncnc2c1. The molecule has 0 aliphatic carbocycles. The number of hydrazine groups is 1. The predicted octanol–water partition coefficient (Wildman–Crippen LogP) is 3.30. The molecule has 9 heteroatoms. The topological polar surface area (TPSA) is 89.1 Å². The lowest BCUT2D eigenvalue weighted by Gasteiger charge is -2.35. The molecule has 0 bridgehead atoms. The number of carbonyl (C=O) groups is 1. The van der Waals surface area contributed by atoms with Gasteiger partial charge in [0.2, 0.25) is 0 Å². The Balaban J connectivity index is 1.33. The van der Waals surface area contributed by atoms with Crippen molar-refractivity contribution in [2.75, 3.05) is 51.4 Å². The van der Waals surface area contributed by atoms with Gasteiger partial charge in [-0.15, -0.1) is 0 Å². The molecule has 1 fully saturated rings. The summed E-state index contributed by atoms with van der Waals surface area (Å²) in [7, 11) is 1.68. The molecule has 1 saturated heterocycles. The lowest BCUT2D eigenvalue weighted by Crippen LogP contribution is -2.53. The van der Waals surface area contributed by atoms with Crippen molar-refractivity contribution >= 4 is 22.6 Å². The molecule has 1 N–H and O–H groups in total. The maximum absolute atomic E-state index is 12.7. The van der Waals surface area contributed by atoms with E-state index in [0.717, 1.165) is 47.7 Å². The fourth-order valence-corrected chi connectivity index (χ4v) is 3.95. The molecule has 2 heterocycles. The first-order valence-corrected chi connectivity index (χ1v) is 12.0. The normalized spacial score (nSPS) is 14.3. The maximum atomic E-state index is 12.7. The fraction of sp³-hybridized carbons (Fsp3) is 0.423. The molecule has 0 spiro atoms. The van der Waals surface area contributed by atoms with Crippen molar-refractivity contribution in [1.29, 1.82) is 0 Å². The van der Waals surface area contributed by atoms with Gasteiger partial charge in [0.1, 0.15) is 23.6 Å². The van der Waals surface area contributed by atoms with Crippen molar-refractivity contribution in [1.82, 2.24) is 20.4 Å². The quantitative estimate of drug-likeness (QED) is 0.443. The lowest BCUT2D eigenvalue weighted by atomic mass is 10.2. The van der Waals surface area contributed by atoms with Crippen LogP contribution in [-0.4, -0.2) is 73.5 Å². The first-order chi connectivity index (χ1) is 17.0. The van der Waals surface area contributed by atoms with Crippen LogP contribution >= 0.6 is 0 Å². The molecule has 0 unspecified atom stereocenters. The van der Waals surface area contributed by atoms with E-state index in [4.69, 9.17) is 14.2 Å². The molecule has 0 radical (unpaired) electrons. The monoisotopic (exact) mass is 479 g/mol. The molecule has 1 aromatic heterocycles. The molecule has 2 aromatic carbocycles. The highest BCUT2D eigenvalue weighted by Gasteiger charge is 2.21. The van der Waals surface area contributed by atoms with Gasteiger partial charge in [-0.05, 0) is 50.2 Å². The molecule has 186 valence electrons. The Kier molecular flexibility index (Phi) is 8.33. The number of nitrogens with zero attached hydrogens (tertiary/aromatic N) is 4. The van der Waals surface area contributed by atoms with Crippen molar-refractivity contribution in [3.63, 3.8) is 0 Å². The van der Waals surface area contributed by atoms with Gasteiger partial charge in [-0.2, -0.15) is 0 Å². The highest BCUT2D eigenvalue weighted by molar-refractivity contribution is 5.94. The first-order valence-electron chi connectivity index (χ1n) is 12.0. The summed E-state index contributed by atoms with van der Waals surface area (Å²) in [5.41, 5.74) is 4.46. The number of fused-ring (bicyclic) bond motifs is 1. The second kappa shape index (κ2) is 11.8. The summed E-state index contributed by atoms with van der Waals surface area (Å²) >= 11 is 0. The average Bonchev–Trinajstić information content (AvgIpc) is 2.87. The minimum absolute atomic E-state index is 0.0967. The van der Waals surface area contributed by atoms with Crippen LogP contribution in [0.1, 0.15) is 30.6 Å². The highest BCUT2D eigenvalue weighted by atomic mass is 16.5. The zero-order chi connectivity index (χ0) is 24.6. The number of nitrogens with one attached hydrogen (secondary N) is 1. The van der Waals surface area contributed by atoms with Gasteiger partial charge in [-0.3, -0.25) is 10.2 Å². The Bertz CT molecular complexity index is 1110. The van der Waals surface area contributed by atoms with Gasteiger partial charge in [-0.1, -0.05) is 0 Å². The summed E-state index contributed by atoms with van der Waals surface area (Å²) in [5.74, 6) is 2.31. The molecule has 9 nitrogen and oxygen atoms in total. The van der Waals surface area contributed by atoms with Crippen LogP contribution in [0.5, 0.6) is 11.5 Å². The van der Waals surface area contributed by atoms with Crippen LogP contribution in [-0.2, 0) is 4.74 Å². The summed E-state index contributed by atoms with van der Waals surface area (Å²) < 4.78 is 16.5. The van der Waals surface area contributed by atoms with E-state index in [2.05, 4.69) is 20.3 Å². The number of ether oxygens (including phenoxy) is 3. The molecular weight excluding hydrogens is 446 g/mol. The van der Waals surface area contributed by atoms with Gasteiger partial charge in [0.25, 0.3) is 5.91 Å². The third-order valence-electron chi connectivity index (χ3n) is 5.68. The molecule has 0 saturated carbocycles. The van der Waals surface area contributed by atoms with E-state index >= 15 is 0 Å². The number of anilines is 1. The summed E-state index contributed by atoms with van der Waals surface area (Å²) in [6.45, 7) is 8.07. The van der Waals surface area contributed by atoms with E-state index in [-0.39, 0.29) is 12.0 Å². The third kappa shape index (κ3) is 6.58. The number of rotatable bonds is 10. The Morgan fingerprint density at radius 3 is 2.46 bits per heavy atom. The number of hydrogen-bond donors (Lipinski definition) is 1. The third-order valence-corrected chi connectivity index (χ3v) is 5.68. The van der Waals surface area contributed by atoms with Crippen LogP contribution in [0.25, 0.3) is 10.9 Å². The number of piperazine rings is 1. The van der Waals surface area contributed by atoms with Crippen LogP contribution in [0.3, 0.4) is 0 Å². The average molecular weight is 480 g/mol. The fourth-order valence-electron chi connectivity index (χ4n) is 3.95. The number of hydrogen-bond acceptors (Lipinski definition) is 8. The highest BCUT2D eigenvalue weighted by Crippen LogP contribution is 2.27. The standard InChI is InChI=1S/C26H33N5O4/c1-19(2)35-21-7-5-20(6-8-21)26(32)29-31-13-11-30(12-14-31)25-23-10-9-22(34-16-4-15-33-3)17-24(23)27-18-28-25/h5-10,17-19H,4,11-16H2,1-3H3,(H,29,32). The zero-order valence-corrected chi connectivity index (χ0v) is 20.6. The summed E-state index contributed by atoms with van der Waals surface area (Å²) in [5, 5.41) is 2.94. The van der Waals surface area contributed by atoms with Crippen LogP contribution in [0.2, 0.25) is 0 Å². The molecule has 0 atom stereocenters. The second-order valence-electron chi connectivity index (χ2n) is 8.68. The minimum Gasteiger partial charge on any atom is -0.493 e. The van der Waals surface area contributed by atoms with Crippen LogP contribution in [0, 0.1) is 0 Å². The van der Waals surface area contributed by atoms with Crippen molar-refractivity contribution in [3.05, 3.63) is 54.4 Å². The van der Waals surface area contributed by atoms with Crippen LogP contribution in [0.4, 0.5) is 5.82 Å². The summed E-state index contributed by atoms with van der Waals surface area (Å²) in [4.78, 5) is 23.9. The number of benzene rings is 2. The van der Waals surface area contributed by atoms with Crippen molar-refractivity contribution in [2.45, 2.75) is 26.4 Å². The summed E-state index contributed by atoms with van der Waals surface area (Å²) in [6.07, 6.45) is 2.52. The Morgan fingerprint density at radius 2 is 1.74 bits per heavy atom. The van der Waals surface area contributed by atoms with E-state index in [0.29, 0.717) is 31.9 Å². The predicted molar refractivity (Wildman–Crippen MR) is 135 cm³/mol. The molecule has 4 rings (SSSR count). The van der Waals surface area contributed by atoms with Gasteiger partial charge >= 0.3 is 0 Å². The molecule has 1 amide bonds. The van der Waals surface area contributed by atoms with Gasteiger partial charge in [0.05, 0.1) is 18.2 Å². The minimum atomic E-state index is -0.125. The van der Waals surface area contributed by atoms with E-state index in [1.165, 1.54) is 0 Å². The maximum Gasteiger partial charge on any atom is 0.265 e. The Labute approximate surface area is 206 Å². The molecule has 35 heavy (non-hydrogen) atoms. The van der Waals surface area contributed by atoms with E-state index in [1.807, 2.05) is 49.2 Å². The number of methoxy groups -OCH3 is 1. The second-order valence-corrected chi connectivity index (χ2v) is 8.68. The van der Waals surface area contributed by atoms with Gasteiger partial charge in [0, 0.05) is 63.3 Å². The van der Waals surface area contributed by atoms with Crippen LogP contribution in [0.15, 0.2) is 48.8 Å². The smallest absolute Gasteiger partial charge is 0.265 e. The van der Waals surface area contributed by atoms with Crippen molar-refractivity contribution < 1.29 is 19.0 Å². The summed E-state index contributed by atoms with van der Waals surface area (Å²) in [6, 6.07) is 13.1. The molecule has 3 aromatic rings. The van der Waals surface area contributed by atoms with Crippen molar-refractivity contribution in [2.24, 2.45) is 0 Å². The molecular formula is C26H33N5O4. The largest absolute Gasteiger partial charge is 0.493 e. The van der Waals surface area contributed by atoms with E-state index in [1.54, 1.807) is 25.6 Å². The molecule has 1 aliphatic rings. The van der Waals surface area contributed by atoms with Crippen LogP contribution < -0.4 is 19.8 Å². The van der Waals surface area contributed by atoms with Crippen molar-refractivity contribution in [3.8, 4) is 11.5 Å². The lowest BCUT2D eigenvalue weighted by molar-refractivity contribution is 0.0777. The van der Waals surface area contributed by atoms with Gasteiger partial charge in [0.15, 0.2) is 0 Å². The van der Waals surface area contributed by atoms with E-state index in [9.17, 15) is 4.79 Å². The zero-order valence-electron chi connectivity index (χ0n) is 20.6. The number of amides is 1. The molecule has 1 aliphatic heterocycles. The van der Waals surface area contributed by atoms with E-state index < -0.39 is 0 Å². The van der Waals surface area contributed by atoms with Gasteiger partial charge in [-0.25, -0.2) is 15.0 Å². The number of carbonyl (C=O) groups excluding carboxylic acids is 1. The Hall–Kier alpha value is -3.43.